The molecule has 2 N–H and O–H groups in total. The first kappa shape index (κ1) is 21.7. The van der Waals surface area contributed by atoms with Crippen LogP contribution in [0, 0.1) is 5.82 Å². The lowest BCUT2D eigenvalue weighted by atomic mass is 10.2. The predicted octanol–water partition coefficient (Wildman–Crippen LogP) is 3.83. The molecule has 8 heteroatoms. The number of guanidine groups is 1. The van der Waals surface area contributed by atoms with Gasteiger partial charge in [0.1, 0.15) is 5.82 Å². The van der Waals surface area contributed by atoms with E-state index >= 15 is 0 Å². The standard InChI is InChI=1S/C19H23ClFN5.HI/c1-2-22-19(24-12-18-17(21)7-4-9-23-18)25-15-8-10-26(13-15)16-6-3-5-14(20)11-16;/h3-7,9,11,15H,2,8,10,12-13H2,1H3,(H2,22,24,25);1H. The molecule has 1 aliphatic rings. The monoisotopic (exact) mass is 503 g/mol. The zero-order chi connectivity index (χ0) is 18.4. The summed E-state index contributed by atoms with van der Waals surface area (Å²) >= 11 is 6.09. The van der Waals surface area contributed by atoms with E-state index in [1.54, 1.807) is 12.3 Å². The van der Waals surface area contributed by atoms with Crippen molar-refractivity contribution in [3.63, 3.8) is 0 Å². The van der Waals surface area contributed by atoms with Crippen LogP contribution >= 0.6 is 35.6 Å². The second-order valence-electron chi connectivity index (χ2n) is 6.18. The average molecular weight is 504 g/mol. The van der Waals surface area contributed by atoms with E-state index in [-0.39, 0.29) is 42.4 Å². The number of benzene rings is 1. The van der Waals surface area contributed by atoms with Gasteiger partial charge in [-0.15, -0.1) is 24.0 Å². The fourth-order valence-corrected chi connectivity index (χ4v) is 3.17. The lowest BCUT2D eigenvalue weighted by Crippen LogP contribution is -2.44. The minimum atomic E-state index is -0.333. The molecule has 1 atom stereocenters. The number of pyridine rings is 1. The van der Waals surface area contributed by atoms with Crippen LogP contribution in [-0.2, 0) is 6.54 Å². The van der Waals surface area contributed by atoms with Crippen LogP contribution in [0.4, 0.5) is 10.1 Å². The van der Waals surface area contributed by atoms with Crippen molar-refractivity contribution in [3.05, 3.63) is 59.1 Å². The van der Waals surface area contributed by atoms with Crippen molar-refractivity contribution < 1.29 is 4.39 Å². The summed E-state index contributed by atoms with van der Waals surface area (Å²) < 4.78 is 13.7. The molecule has 1 aromatic heterocycles. The smallest absolute Gasteiger partial charge is 0.191 e. The number of nitrogens with zero attached hydrogens (tertiary/aromatic N) is 3. The van der Waals surface area contributed by atoms with Crippen molar-refractivity contribution in [3.8, 4) is 0 Å². The third-order valence-electron chi connectivity index (χ3n) is 4.27. The first-order valence-corrected chi connectivity index (χ1v) is 9.18. The Balaban J connectivity index is 0.00000261. The number of anilines is 1. The summed E-state index contributed by atoms with van der Waals surface area (Å²) in [5.74, 6) is 0.343. The van der Waals surface area contributed by atoms with Crippen LogP contribution in [0.3, 0.4) is 0 Å². The topological polar surface area (TPSA) is 52.6 Å². The maximum Gasteiger partial charge on any atom is 0.191 e. The summed E-state index contributed by atoms with van der Waals surface area (Å²) in [6.07, 6.45) is 2.57. The molecule has 27 heavy (non-hydrogen) atoms. The molecule has 3 rings (SSSR count). The quantitative estimate of drug-likeness (QED) is 0.370. The van der Waals surface area contributed by atoms with Gasteiger partial charge in [0.25, 0.3) is 0 Å². The number of aromatic nitrogens is 1. The Kier molecular flexibility index (Phi) is 8.56. The van der Waals surface area contributed by atoms with Crippen LogP contribution in [0.2, 0.25) is 5.02 Å². The molecule has 2 heterocycles. The molecule has 1 fully saturated rings. The average Bonchev–Trinajstić information content (AvgIpc) is 3.10. The second kappa shape index (κ2) is 10.7. The van der Waals surface area contributed by atoms with Crippen molar-refractivity contribution in [2.45, 2.75) is 25.9 Å². The van der Waals surface area contributed by atoms with E-state index < -0.39 is 0 Å². The molecule has 0 bridgehead atoms. The Morgan fingerprint density at radius 1 is 1.37 bits per heavy atom. The molecular formula is C19H24ClFIN5. The van der Waals surface area contributed by atoms with Crippen LogP contribution in [-0.4, -0.2) is 36.6 Å². The fraction of sp³-hybridized carbons (Fsp3) is 0.368. The van der Waals surface area contributed by atoms with E-state index in [1.807, 2.05) is 25.1 Å². The van der Waals surface area contributed by atoms with Crippen molar-refractivity contribution >= 4 is 47.2 Å². The minimum absolute atomic E-state index is 0. The molecule has 1 aliphatic heterocycles. The highest BCUT2D eigenvalue weighted by Crippen LogP contribution is 2.23. The van der Waals surface area contributed by atoms with E-state index in [2.05, 4.69) is 31.6 Å². The summed E-state index contributed by atoms with van der Waals surface area (Å²) in [4.78, 5) is 10.8. The van der Waals surface area contributed by atoms with Crippen molar-refractivity contribution in [1.29, 1.82) is 0 Å². The molecule has 0 amide bonds. The predicted molar refractivity (Wildman–Crippen MR) is 120 cm³/mol. The van der Waals surface area contributed by atoms with Gasteiger partial charge in [-0.1, -0.05) is 17.7 Å². The lowest BCUT2D eigenvalue weighted by molar-refractivity contribution is 0.598. The lowest BCUT2D eigenvalue weighted by Gasteiger charge is -2.20. The third kappa shape index (κ3) is 6.21. The molecular weight excluding hydrogens is 480 g/mol. The number of aliphatic imine (C=N–C) groups is 1. The molecule has 1 saturated heterocycles. The normalized spacial score (nSPS) is 16.8. The number of nitrogens with one attached hydrogen (secondary N) is 2. The zero-order valence-electron chi connectivity index (χ0n) is 15.2. The van der Waals surface area contributed by atoms with Crippen LogP contribution in [0.15, 0.2) is 47.6 Å². The van der Waals surface area contributed by atoms with Crippen LogP contribution < -0.4 is 15.5 Å². The molecule has 0 saturated carbocycles. The van der Waals surface area contributed by atoms with Crippen molar-refractivity contribution in [2.24, 2.45) is 4.99 Å². The highest BCUT2D eigenvalue weighted by Gasteiger charge is 2.23. The van der Waals surface area contributed by atoms with Gasteiger partial charge in [0, 0.05) is 42.6 Å². The van der Waals surface area contributed by atoms with E-state index in [1.165, 1.54) is 6.07 Å². The van der Waals surface area contributed by atoms with Crippen LogP contribution in [0.5, 0.6) is 0 Å². The zero-order valence-corrected chi connectivity index (χ0v) is 18.2. The molecule has 1 unspecified atom stereocenters. The Morgan fingerprint density at radius 2 is 2.22 bits per heavy atom. The first-order valence-electron chi connectivity index (χ1n) is 8.80. The van der Waals surface area contributed by atoms with E-state index in [0.717, 1.165) is 36.8 Å². The van der Waals surface area contributed by atoms with Gasteiger partial charge >= 0.3 is 0 Å². The van der Waals surface area contributed by atoms with Gasteiger partial charge in [0.15, 0.2) is 5.96 Å². The van der Waals surface area contributed by atoms with Gasteiger partial charge in [-0.25, -0.2) is 9.38 Å². The van der Waals surface area contributed by atoms with Gasteiger partial charge in [-0.05, 0) is 43.7 Å². The van der Waals surface area contributed by atoms with Crippen molar-refractivity contribution in [1.82, 2.24) is 15.6 Å². The van der Waals surface area contributed by atoms with Crippen molar-refractivity contribution in [2.75, 3.05) is 24.5 Å². The van der Waals surface area contributed by atoms with E-state index in [4.69, 9.17) is 11.6 Å². The van der Waals surface area contributed by atoms with E-state index in [9.17, 15) is 4.39 Å². The molecule has 0 spiro atoms. The van der Waals surface area contributed by atoms with Crippen LogP contribution in [0.1, 0.15) is 19.0 Å². The Morgan fingerprint density at radius 3 is 2.96 bits per heavy atom. The SMILES string of the molecule is CCNC(=NCc1ncccc1F)NC1CCN(c2cccc(Cl)c2)C1.I. The van der Waals surface area contributed by atoms with Gasteiger partial charge in [0.05, 0.1) is 12.2 Å². The largest absolute Gasteiger partial charge is 0.369 e. The summed E-state index contributed by atoms with van der Waals surface area (Å²) in [5, 5.41) is 7.39. The molecule has 5 nitrogen and oxygen atoms in total. The Bertz CT molecular complexity index is 773. The second-order valence-corrected chi connectivity index (χ2v) is 6.62. The Hall–Kier alpha value is -1.61. The number of hydrogen-bond donors (Lipinski definition) is 2. The first-order chi connectivity index (χ1) is 12.7. The van der Waals surface area contributed by atoms with Gasteiger partial charge in [-0.2, -0.15) is 0 Å². The van der Waals surface area contributed by atoms with Crippen LogP contribution in [0.25, 0.3) is 0 Å². The van der Waals surface area contributed by atoms with Gasteiger partial charge in [0.2, 0.25) is 0 Å². The highest BCUT2D eigenvalue weighted by atomic mass is 127. The third-order valence-corrected chi connectivity index (χ3v) is 4.50. The minimum Gasteiger partial charge on any atom is -0.369 e. The summed E-state index contributed by atoms with van der Waals surface area (Å²) in [5.41, 5.74) is 1.47. The summed E-state index contributed by atoms with van der Waals surface area (Å²) in [6, 6.07) is 11.1. The fourth-order valence-electron chi connectivity index (χ4n) is 2.99. The maximum atomic E-state index is 13.7. The summed E-state index contributed by atoms with van der Waals surface area (Å²) in [6.45, 7) is 4.76. The molecule has 2 aromatic rings. The molecule has 146 valence electrons. The number of rotatable bonds is 5. The Labute approximate surface area is 181 Å². The molecule has 1 aromatic carbocycles. The molecule has 0 radical (unpaired) electrons. The summed E-state index contributed by atoms with van der Waals surface area (Å²) in [7, 11) is 0. The maximum absolute atomic E-state index is 13.7. The highest BCUT2D eigenvalue weighted by molar-refractivity contribution is 14.0. The van der Waals surface area contributed by atoms with E-state index in [0.29, 0.717) is 11.7 Å². The van der Waals surface area contributed by atoms with Gasteiger partial charge < -0.3 is 15.5 Å². The van der Waals surface area contributed by atoms with Gasteiger partial charge in [-0.3, -0.25) is 4.98 Å². The number of halogens is 3. The number of hydrogen-bond acceptors (Lipinski definition) is 3. The molecule has 0 aliphatic carbocycles.